The molecule has 0 aliphatic carbocycles. The lowest BCUT2D eigenvalue weighted by atomic mass is 10.2. The molecule has 0 spiro atoms. The van der Waals surface area contributed by atoms with E-state index in [9.17, 15) is 4.79 Å². The van der Waals surface area contributed by atoms with Crippen LogP contribution in [0.3, 0.4) is 0 Å². The quantitative estimate of drug-likeness (QED) is 0.880. The van der Waals surface area contributed by atoms with Crippen molar-refractivity contribution in [2.75, 3.05) is 24.3 Å². The molecule has 0 unspecified atom stereocenters. The van der Waals surface area contributed by atoms with Crippen LogP contribution < -0.4 is 10.2 Å². The molecule has 0 aliphatic heterocycles. The van der Waals surface area contributed by atoms with Gasteiger partial charge < -0.3 is 10.2 Å². The highest BCUT2D eigenvalue weighted by Gasteiger charge is 2.14. The minimum atomic E-state index is -0.195. The van der Waals surface area contributed by atoms with Gasteiger partial charge in [-0.1, -0.05) is 0 Å². The van der Waals surface area contributed by atoms with Gasteiger partial charge in [-0.05, 0) is 12.1 Å². The van der Waals surface area contributed by atoms with Gasteiger partial charge in [-0.15, -0.1) is 0 Å². The second kappa shape index (κ2) is 4.87. The first-order chi connectivity index (χ1) is 8.58. The molecule has 1 amide bonds. The van der Waals surface area contributed by atoms with Crippen LogP contribution in [0.1, 0.15) is 10.4 Å². The maximum absolute atomic E-state index is 12.1. The average Bonchev–Trinajstić information content (AvgIpc) is 2.74. The number of anilines is 2. The topological polar surface area (TPSA) is 63.1 Å². The second-order valence-electron chi connectivity index (χ2n) is 4.13. The molecule has 2 heterocycles. The summed E-state index contributed by atoms with van der Waals surface area (Å²) in [6.45, 7) is 0. The van der Waals surface area contributed by atoms with Gasteiger partial charge in [-0.3, -0.25) is 9.48 Å². The summed E-state index contributed by atoms with van der Waals surface area (Å²) in [5.41, 5.74) is 1.20. The highest BCUT2D eigenvalue weighted by molar-refractivity contribution is 6.07. The van der Waals surface area contributed by atoms with Crippen molar-refractivity contribution in [3.05, 3.63) is 36.3 Å². The van der Waals surface area contributed by atoms with Gasteiger partial charge in [0.2, 0.25) is 0 Å². The molecule has 6 heteroatoms. The largest absolute Gasteiger partial charge is 0.362 e. The lowest BCUT2D eigenvalue weighted by molar-refractivity contribution is 0.102. The van der Waals surface area contributed by atoms with Crippen LogP contribution in [0.25, 0.3) is 0 Å². The van der Waals surface area contributed by atoms with Crippen molar-refractivity contribution in [2.24, 2.45) is 7.05 Å². The van der Waals surface area contributed by atoms with E-state index >= 15 is 0 Å². The molecule has 1 N–H and O–H groups in total. The third-order valence-electron chi connectivity index (χ3n) is 2.42. The van der Waals surface area contributed by atoms with E-state index in [1.165, 1.54) is 0 Å². The highest BCUT2D eigenvalue weighted by Crippen LogP contribution is 2.16. The molecular weight excluding hydrogens is 230 g/mol. The van der Waals surface area contributed by atoms with E-state index in [0.29, 0.717) is 17.1 Å². The number of hydrogen-bond acceptors (Lipinski definition) is 4. The van der Waals surface area contributed by atoms with Crippen molar-refractivity contribution in [2.45, 2.75) is 0 Å². The normalized spacial score (nSPS) is 10.2. The predicted molar refractivity (Wildman–Crippen MR) is 69.7 cm³/mol. The summed E-state index contributed by atoms with van der Waals surface area (Å²) in [5.74, 6) is 0.443. The number of rotatable bonds is 3. The number of aromatic nitrogens is 3. The predicted octanol–water partition coefficient (Wildman–Crippen LogP) is 1.13. The van der Waals surface area contributed by atoms with Crippen LogP contribution in [0.5, 0.6) is 0 Å². The Kier molecular flexibility index (Phi) is 3.27. The Labute approximate surface area is 105 Å². The first-order valence-corrected chi connectivity index (χ1v) is 5.50. The van der Waals surface area contributed by atoms with Crippen LogP contribution in [0.4, 0.5) is 11.5 Å². The van der Waals surface area contributed by atoms with E-state index in [2.05, 4.69) is 15.4 Å². The standard InChI is InChI=1S/C12H15N5O/c1-16(2)11-10(5-4-6-13-11)12(18)15-9-7-14-17(3)8-9/h4-8H,1-3H3,(H,15,18). The Morgan fingerprint density at radius 3 is 2.83 bits per heavy atom. The van der Waals surface area contributed by atoms with Gasteiger partial charge in [0, 0.05) is 33.5 Å². The van der Waals surface area contributed by atoms with Gasteiger partial charge in [0.1, 0.15) is 5.82 Å². The van der Waals surface area contributed by atoms with Gasteiger partial charge >= 0.3 is 0 Å². The minimum Gasteiger partial charge on any atom is -0.362 e. The Morgan fingerprint density at radius 1 is 1.44 bits per heavy atom. The van der Waals surface area contributed by atoms with Crippen LogP contribution in [-0.2, 0) is 7.05 Å². The maximum atomic E-state index is 12.1. The molecular formula is C12H15N5O. The lowest BCUT2D eigenvalue weighted by Gasteiger charge is -2.14. The van der Waals surface area contributed by atoms with E-state index in [1.54, 1.807) is 47.4 Å². The van der Waals surface area contributed by atoms with Crippen molar-refractivity contribution in [1.82, 2.24) is 14.8 Å². The molecule has 0 saturated carbocycles. The summed E-state index contributed by atoms with van der Waals surface area (Å²) < 4.78 is 1.63. The summed E-state index contributed by atoms with van der Waals surface area (Å²) in [4.78, 5) is 18.1. The number of aryl methyl sites for hydroxylation is 1. The monoisotopic (exact) mass is 245 g/mol. The van der Waals surface area contributed by atoms with Gasteiger partial charge in [0.25, 0.3) is 5.91 Å². The van der Waals surface area contributed by atoms with Crippen molar-refractivity contribution in [3.8, 4) is 0 Å². The average molecular weight is 245 g/mol. The fourth-order valence-corrected chi connectivity index (χ4v) is 1.61. The molecule has 0 saturated heterocycles. The molecule has 18 heavy (non-hydrogen) atoms. The molecule has 0 aliphatic rings. The van der Waals surface area contributed by atoms with Crippen LogP contribution in [0.2, 0.25) is 0 Å². The molecule has 0 fully saturated rings. The van der Waals surface area contributed by atoms with E-state index in [-0.39, 0.29) is 5.91 Å². The summed E-state index contributed by atoms with van der Waals surface area (Å²) in [6, 6.07) is 3.49. The summed E-state index contributed by atoms with van der Waals surface area (Å²) in [7, 11) is 5.50. The number of nitrogens with zero attached hydrogens (tertiary/aromatic N) is 4. The summed E-state index contributed by atoms with van der Waals surface area (Å²) in [5, 5.41) is 6.78. The molecule has 2 rings (SSSR count). The van der Waals surface area contributed by atoms with E-state index in [1.807, 2.05) is 14.1 Å². The van der Waals surface area contributed by atoms with Crippen molar-refractivity contribution in [3.63, 3.8) is 0 Å². The van der Waals surface area contributed by atoms with Crippen molar-refractivity contribution in [1.29, 1.82) is 0 Å². The lowest BCUT2D eigenvalue weighted by Crippen LogP contribution is -2.19. The fraction of sp³-hybridized carbons (Fsp3) is 0.250. The van der Waals surface area contributed by atoms with Crippen LogP contribution in [-0.4, -0.2) is 34.8 Å². The molecule has 94 valence electrons. The van der Waals surface area contributed by atoms with E-state index in [0.717, 1.165) is 0 Å². The first kappa shape index (κ1) is 12.1. The van der Waals surface area contributed by atoms with Crippen LogP contribution >= 0.6 is 0 Å². The fourth-order valence-electron chi connectivity index (χ4n) is 1.61. The Bertz CT molecular complexity index is 561. The van der Waals surface area contributed by atoms with Crippen LogP contribution in [0, 0.1) is 0 Å². The first-order valence-electron chi connectivity index (χ1n) is 5.50. The molecule has 0 radical (unpaired) electrons. The zero-order valence-electron chi connectivity index (χ0n) is 10.6. The SMILES string of the molecule is CN(C)c1ncccc1C(=O)Nc1cnn(C)c1. The highest BCUT2D eigenvalue weighted by atomic mass is 16.1. The summed E-state index contributed by atoms with van der Waals surface area (Å²) in [6.07, 6.45) is 5.00. The number of pyridine rings is 1. The minimum absolute atomic E-state index is 0.195. The van der Waals surface area contributed by atoms with Crippen LogP contribution in [0.15, 0.2) is 30.7 Å². The van der Waals surface area contributed by atoms with Crippen molar-refractivity contribution >= 4 is 17.4 Å². The number of carbonyl (C=O) groups excluding carboxylic acids is 1. The third-order valence-corrected chi connectivity index (χ3v) is 2.42. The second-order valence-corrected chi connectivity index (χ2v) is 4.13. The zero-order chi connectivity index (χ0) is 13.1. The van der Waals surface area contributed by atoms with E-state index in [4.69, 9.17) is 0 Å². The Balaban J connectivity index is 2.24. The molecule has 2 aromatic rings. The molecule has 0 atom stereocenters. The number of nitrogens with one attached hydrogen (secondary N) is 1. The smallest absolute Gasteiger partial charge is 0.259 e. The zero-order valence-corrected chi connectivity index (χ0v) is 10.6. The maximum Gasteiger partial charge on any atom is 0.259 e. The Morgan fingerprint density at radius 2 is 2.22 bits per heavy atom. The number of hydrogen-bond donors (Lipinski definition) is 1. The van der Waals surface area contributed by atoms with Crippen molar-refractivity contribution < 1.29 is 4.79 Å². The van der Waals surface area contributed by atoms with Gasteiger partial charge in [-0.2, -0.15) is 5.10 Å². The number of amides is 1. The molecule has 0 bridgehead atoms. The van der Waals surface area contributed by atoms with Gasteiger partial charge in [-0.25, -0.2) is 4.98 Å². The molecule has 2 aromatic heterocycles. The molecule has 0 aromatic carbocycles. The molecule has 6 nitrogen and oxygen atoms in total. The van der Waals surface area contributed by atoms with Gasteiger partial charge in [0.15, 0.2) is 0 Å². The Hall–Kier alpha value is -2.37. The van der Waals surface area contributed by atoms with E-state index < -0.39 is 0 Å². The van der Waals surface area contributed by atoms with Gasteiger partial charge in [0.05, 0.1) is 17.4 Å². The summed E-state index contributed by atoms with van der Waals surface area (Å²) >= 11 is 0. The number of carbonyl (C=O) groups is 1. The third kappa shape index (κ3) is 2.48.